The van der Waals surface area contributed by atoms with E-state index in [4.69, 9.17) is 4.74 Å². The Bertz CT molecular complexity index is 502. The summed E-state index contributed by atoms with van der Waals surface area (Å²) in [5, 5.41) is 2.91. The quantitative estimate of drug-likeness (QED) is 0.884. The van der Waals surface area contributed by atoms with Crippen molar-refractivity contribution in [2.24, 2.45) is 11.8 Å². The molecule has 1 aliphatic heterocycles. The Morgan fingerprint density at radius 1 is 1.25 bits per heavy atom. The van der Waals surface area contributed by atoms with Crippen LogP contribution in [0.25, 0.3) is 0 Å². The van der Waals surface area contributed by atoms with Crippen molar-refractivity contribution in [3.63, 3.8) is 0 Å². The van der Waals surface area contributed by atoms with Crippen LogP contribution in [-0.2, 0) is 11.3 Å². The van der Waals surface area contributed by atoms with E-state index in [-0.39, 0.29) is 6.09 Å². The predicted molar refractivity (Wildman–Crippen MR) is 97.8 cm³/mol. The molecule has 0 saturated carbocycles. The minimum absolute atomic E-state index is 0.309. The van der Waals surface area contributed by atoms with Crippen LogP contribution in [0.5, 0.6) is 0 Å². The molecule has 0 unspecified atom stereocenters. The predicted octanol–water partition coefficient (Wildman–Crippen LogP) is 4.06. The lowest BCUT2D eigenvalue weighted by Crippen LogP contribution is -2.40. The van der Waals surface area contributed by atoms with E-state index < -0.39 is 5.60 Å². The maximum Gasteiger partial charge on any atom is 0.407 e. The first-order valence-electron chi connectivity index (χ1n) is 9.06. The summed E-state index contributed by atoms with van der Waals surface area (Å²) in [5.74, 6) is 1.16. The molecule has 24 heavy (non-hydrogen) atoms. The summed E-state index contributed by atoms with van der Waals surface area (Å²) in [6.45, 7) is 11.9. The van der Waals surface area contributed by atoms with Gasteiger partial charge in [0.2, 0.25) is 0 Å². The fourth-order valence-electron chi connectivity index (χ4n) is 3.25. The lowest BCUT2D eigenvalue weighted by Gasteiger charge is -2.35. The van der Waals surface area contributed by atoms with Gasteiger partial charge in [0.15, 0.2) is 0 Å². The molecule has 1 atom stereocenters. The zero-order valence-corrected chi connectivity index (χ0v) is 15.5. The molecule has 1 aromatic carbocycles. The second-order valence-corrected chi connectivity index (χ2v) is 7.96. The number of benzene rings is 1. The number of hydrogen-bond donors (Lipinski definition) is 1. The van der Waals surface area contributed by atoms with Crippen LogP contribution in [0.2, 0.25) is 0 Å². The minimum Gasteiger partial charge on any atom is -0.444 e. The summed E-state index contributed by atoms with van der Waals surface area (Å²) in [4.78, 5) is 14.3. The van der Waals surface area contributed by atoms with Crippen LogP contribution in [0.1, 0.15) is 46.1 Å². The minimum atomic E-state index is -0.434. The van der Waals surface area contributed by atoms with E-state index in [1.165, 1.54) is 18.4 Å². The number of nitrogens with one attached hydrogen (secondary N) is 1. The standard InChI is InChI=1S/C20H32N2O2/c1-16(14-21-19(23)24-20(2,3)4)18-10-12-22(13-11-18)15-17-8-6-5-7-9-17/h5-9,16,18H,10-15H2,1-4H3,(H,21,23)/t16-/m1/s1. The lowest BCUT2D eigenvalue weighted by molar-refractivity contribution is 0.0507. The third-order valence-electron chi connectivity index (χ3n) is 4.65. The van der Waals surface area contributed by atoms with Crippen LogP contribution in [0.3, 0.4) is 0 Å². The number of alkyl carbamates (subject to hydrolysis) is 1. The average Bonchev–Trinajstić information content (AvgIpc) is 2.53. The average molecular weight is 332 g/mol. The molecule has 0 aromatic heterocycles. The number of likely N-dealkylation sites (tertiary alicyclic amines) is 1. The van der Waals surface area contributed by atoms with Gasteiger partial charge in [-0.1, -0.05) is 37.3 Å². The summed E-state index contributed by atoms with van der Waals surface area (Å²) in [6, 6.07) is 10.7. The van der Waals surface area contributed by atoms with Crippen molar-refractivity contribution in [2.75, 3.05) is 19.6 Å². The van der Waals surface area contributed by atoms with Gasteiger partial charge >= 0.3 is 6.09 Å². The van der Waals surface area contributed by atoms with E-state index in [9.17, 15) is 4.79 Å². The monoisotopic (exact) mass is 332 g/mol. The molecule has 4 nitrogen and oxygen atoms in total. The number of rotatable bonds is 5. The van der Waals surface area contributed by atoms with Gasteiger partial charge in [0.25, 0.3) is 0 Å². The van der Waals surface area contributed by atoms with Gasteiger partial charge in [-0.15, -0.1) is 0 Å². The first kappa shape index (κ1) is 18.8. The number of amides is 1. The Hall–Kier alpha value is -1.55. The van der Waals surface area contributed by atoms with Crippen molar-refractivity contribution in [1.29, 1.82) is 0 Å². The van der Waals surface area contributed by atoms with Crippen LogP contribution >= 0.6 is 0 Å². The van der Waals surface area contributed by atoms with Gasteiger partial charge in [0.1, 0.15) is 5.60 Å². The summed E-state index contributed by atoms with van der Waals surface area (Å²) >= 11 is 0. The highest BCUT2D eigenvalue weighted by Gasteiger charge is 2.25. The fraction of sp³-hybridized carbons (Fsp3) is 0.650. The molecule has 1 aromatic rings. The molecule has 1 saturated heterocycles. The molecule has 134 valence electrons. The zero-order chi connectivity index (χ0) is 17.6. The number of nitrogens with zero attached hydrogens (tertiary/aromatic N) is 1. The van der Waals surface area contributed by atoms with E-state index in [0.717, 1.165) is 19.6 Å². The molecule has 1 N–H and O–H groups in total. The van der Waals surface area contributed by atoms with Gasteiger partial charge in [0.05, 0.1) is 0 Å². The molecule has 1 fully saturated rings. The largest absolute Gasteiger partial charge is 0.444 e. The van der Waals surface area contributed by atoms with Crippen molar-refractivity contribution < 1.29 is 9.53 Å². The smallest absolute Gasteiger partial charge is 0.407 e. The number of piperidine rings is 1. The number of carbonyl (C=O) groups is 1. The summed E-state index contributed by atoms with van der Waals surface area (Å²) in [5.41, 5.74) is 0.950. The van der Waals surface area contributed by atoms with Gasteiger partial charge in [-0.2, -0.15) is 0 Å². The van der Waals surface area contributed by atoms with Gasteiger partial charge in [-0.05, 0) is 64.1 Å². The molecule has 0 spiro atoms. The van der Waals surface area contributed by atoms with Crippen molar-refractivity contribution >= 4 is 6.09 Å². The normalized spacial score (nSPS) is 18.2. The van der Waals surface area contributed by atoms with Crippen molar-refractivity contribution in [2.45, 2.75) is 52.7 Å². The van der Waals surface area contributed by atoms with Gasteiger partial charge < -0.3 is 10.1 Å². The molecular formula is C20H32N2O2. The van der Waals surface area contributed by atoms with E-state index in [2.05, 4.69) is 47.5 Å². The zero-order valence-electron chi connectivity index (χ0n) is 15.5. The molecule has 1 aliphatic rings. The molecule has 2 rings (SSSR count). The maximum atomic E-state index is 11.8. The second kappa shape index (κ2) is 8.52. The first-order chi connectivity index (χ1) is 11.3. The highest BCUT2D eigenvalue weighted by Crippen LogP contribution is 2.25. The molecule has 0 bridgehead atoms. The van der Waals surface area contributed by atoms with E-state index in [1.807, 2.05) is 20.8 Å². The van der Waals surface area contributed by atoms with Crippen LogP contribution < -0.4 is 5.32 Å². The highest BCUT2D eigenvalue weighted by molar-refractivity contribution is 5.67. The van der Waals surface area contributed by atoms with Crippen molar-refractivity contribution in [1.82, 2.24) is 10.2 Å². The summed E-state index contributed by atoms with van der Waals surface area (Å²) < 4.78 is 5.30. The van der Waals surface area contributed by atoms with Crippen molar-refractivity contribution in [3.8, 4) is 0 Å². The number of hydrogen-bond acceptors (Lipinski definition) is 3. The van der Waals surface area contributed by atoms with E-state index in [0.29, 0.717) is 18.4 Å². The van der Waals surface area contributed by atoms with Crippen LogP contribution in [0, 0.1) is 11.8 Å². The Balaban J connectivity index is 1.69. The number of ether oxygens (including phenoxy) is 1. The molecule has 0 radical (unpaired) electrons. The van der Waals surface area contributed by atoms with E-state index in [1.54, 1.807) is 0 Å². The highest BCUT2D eigenvalue weighted by atomic mass is 16.6. The molecule has 4 heteroatoms. The van der Waals surface area contributed by atoms with Crippen LogP contribution in [-0.4, -0.2) is 36.2 Å². The van der Waals surface area contributed by atoms with Crippen LogP contribution in [0.15, 0.2) is 30.3 Å². The molecule has 1 amide bonds. The van der Waals surface area contributed by atoms with E-state index >= 15 is 0 Å². The van der Waals surface area contributed by atoms with Gasteiger partial charge in [-0.3, -0.25) is 4.90 Å². The summed E-state index contributed by atoms with van der Waals surface area (Å²) in [6.07, 6.45) is 2.09. The topological polar surface area (TPSA) is 41.6 Å². The first-order valence-corrected chi connectivity index (χ1v) is 9.06. The fourth-order valence-corrected chi connectivity index (χ4v) is 3.25. The Morgan fingerprint density at radius 2 is 1.88 bits per heavy atom. The summed E-state index contributed by atoms with van der Waals surface area (Å²) in [7, 11) is 0. The molecular weight excluding hydrogens is 300 g/mol. The van der Waals surface area contributed by atoms with Crippen LogP contribution in [0.4, 0.5) is 4.79 Å². The Morgan fingerprint density at radius 3 is 2.46 bits per heavy atom. The maximum absolute atomic E-state index is 11.8. The van der Waals surface area contributed by atoms with Gasteiger partial charge in [0, 0.05) is 13.1 Å². The third kappa shape index (κ3) is 6.52. The third-order valence-corrected chi connectivity index (χ3v) is 4.65. The molecule has 0 aliphatic carbocycles. The Labute approximate surface area is 146 Å². The second-order valence-electron chi connectivity index (χ2n) is 7.96. The number of carbonyl (C=O) groups excluding carboxylic acids is 1. The SMILES string of the molecule is C[C@H](CNC(=O)OC(C)(C)C)C1CCN(Cc2ccccc2)CC1. The molecule has 1 heterocycles. The Kier molecular flexibility index (Phi) is 6.67. The lowest BCUT2D eigenvalue weighted by atomic mass is 9.85. The van der Waals surface area contributed by atoms with Gasteiger partial charge in [-0.25, -0.2) is 4.79 Å². The van der Waals surface area contributed by atoms with Crippen molar-refractivity contribution in [3.05, 3.63) is 35.9 Å².